The molecule has 0 aliphatic heterocycles. The Labute approximate surface area is 94.3 Å². The van der Waals surface area contributed by atoms with Crippen molar-refractivity contribution >= 4 is 17.1 Å². The second-order valence-corrected chi connectivity index (χ2v) is 4.60. The van der Waals surface area contributed by atoms with E-state index in [4.69, 9.17) is 0 Å². The van der Waals surface area contributed by atoms with Gasteiger partial charge in [-0.25, -0.2) is 4.39 Å². The molecule has 0 amide bonds. The molecule has 0 saturated carbocycles. The van der Waals surface area contributed by atoms with Gasteiger partial charge < -0.3 is 0 Å². The molecule has 1 nitrogen and oxygen atoms in total. The fourth-order valence-corrected chi connectivity index (χ4v) is 2.23. The van der Waals surface area contributed by atoms with Crippen molar-refractivity contribution in [2.45, 2.75) is 45.4 Å². The highest BCUT2D eigenvalue weighted by Gasteiger charge is 2.12. The van der Waals surface area contributed by atoms with Crippen molar-refractivity contribution in [3.63, 3.8) is 0 Å². The van der Waals surface area contributed by atoms with Gasteiger partial charge in [-0.05, 0) is 17.9 Å². The first-order valence-corrected chi connectivity index (χ1v) is 6.40. The first-order chi connectivity index (χ1) is 7.25. The molecule has 0 aliphatic carbocycles. The number of rotatable bonds is 7. The van der Waals surface area contributed by atoms with Crippen LogP contribution in [0.1, 0.15) is 55.1 Å². The molecule has 3 heteroatoms. The van der Waals surface area contributed by atoms with Crippen molar-refractivity contribution in [1.29, 1.82) is 0 Å². The van der Waals surface area contributed by atoms with E-state index in [1.807, 2.05) is 0 Å². The molecule has 0 radical (unpaired) electrons. The van der Waals surface area contributed by atoms with Crippen molar-refractivity contribution in [3.05, 3.63) is 22.1 Å². The fourth-order valence-electron chi connectivity index (χ4n) is 1.50. The summed E-state index contributed by atoms with van der Waals surface area (Å²) in [7, 11) is 0. The number of Topliss-reactive ketones (excluding diaryl/α,β-unsaturated/α-hetero) is 1. The number of carbonyl (C=O) groups excluding carboxylic acids is 1. The average molecular weight is 228 g/mol. The Morgan fingerprint density at radius 2 is 2.07 bits per heavy atom. The highest BCUT2D eigenvalue weighted by atomic mass is 32.1. The summed E-state index contributed by atoms with van der Waals surface area (Å²) >= 11 is 1.20. The van der Waals surface area contributed by atoms with E-state index in [-0.39, 0.29) is 11.6 Å². The van der Waals surface area contributed by atoms with Crippen molar-refractivity contribution in [1.82, 2.24) is 0 Å². The van der Waals surface area contributed by atoms with Crippen LogP contribution in [-0.4, -0.2) is 5.78 Å². The van der Waals surface area contributed by atoms with E-state index in [9.17, 15) is 9.18 Å². The van der Waals surface area contributed by atoms with Gasteiger partial charge >= 0.3 is 0 Å². The van der Waals surface area contributed by atoms with Gasteiger partial charge in [-0.3, -0.25) is 4.79 Å². The van der Waals surface area contributed by atoms with Crippen LogP contribution in [-0.2, 0) is 0 Å². The van der Waals surface area contributed by atoms with Gasteiger partial charge in [0.15, 0.2) is 5.78 Å². The standard InChI is InChI=1S/C12H17FOS/c1-2-3-4-5-6-7-11(14)12-10(13)8-9-15-12/h8-9H,2-7H2,1H3. The van der Waals surface area contributed by atoms with E-state index in [0.29, 0.717) is 11.3 Å². The van der Waals surface area contributed by atoms with Crippen LogP contribution < -0.4 is 0 Å². The van der Waals surface area contributed by atoms with Crippen LogP contribution in [0.25, 0.3) is 0 Å². The van der Waals surface area contributed by atoms with Crippen LogP contribution in [0.5, 0.6) is 0 Å². The smallest absolute Gasteiger partial charge is 0.175 e. The van der Waals surface area contributed by atoms with Gasteiger partial charge in [-0.1, -0.05) is 32.6 Å². The molecular formula is C12H17FOS. The maximum atomic E-state index is 13.0. The van der Waals surface area contributed by atoms with Crippen LogP contribution in [0, 0.1) is 5.82 Å². The maximum Gasteiger partial charge on any atom is 0.175 e. The fraction of sp³-hybridized carbons (Fsp3) is 0.583. The molecule has 1 heterocycles. The van der Waals surface area contributed by atoms with Crippen LogP contribution >= 0.6 is 11.3 Å². The number of thiophene rings is 1. The van der Waals surface area contributed by atoms with E-state index in [0.717, 1.165) is 12.8 Å². The van der Waals surface area contributed by atoms with Crippen LogP contribution in [0.2, 0.25) is 0 Å². The maximum absolute atomic E-state index is 13.0. The van der Waals surface area contributed by atoms with Gasteiger partial charge in [0, 0.05) is 6.42 Å². The Kier molecular flexibility index (Phi) is 5.54. The Bertz CT molecular complexity index is 306. The highest BCUT2D eigenvalue weighted by molar-refractivity contribution is 7.12. The van der Waals surface area contributed by atoms with Gasteiger partial charge in [-0.2, -0.15) is 0 Å². The van der Waals surface area contributed by atoms with E-state index in [2.05, 4.69) is 6.92 Å². The minimum absolute atomic E-state index is 0.0426. The highest BCUT2D eigenvalue weighted by Crippen LogP contribution is 2.18. The van der Waals surface area contributed by atoms with E-state index < -0.39 is 0 Å². The van der Waals surface area contributed by atoms with Crippen molar-refractivity contribution in [2.75, 3.05) is 0 Å². The molecule has 1 aromatic rings. The molecule has 1 aromatic heterocycles. The van der Waals surface area contributed by atoms with Crippen LogP contribution in [0.15, 0.2) is 11.4 Å². The lowest BCUT2D eigenvalue weighted by Crippen LogP contribution is -1.98. The Balaban J connectivity index is 2.22. The minimum Gasteiger partial charge on any atom is -0.293 e. The molecule has 0 aliphatic rings. The molecule has 84 valence electrons. The van der Waals surface area contributed by atoms with E-state index >= 15 is 0 Å². The molecule has 15 heavy (non-hydrogen) atoms. The van der Waals surface area contributed by atoms with Gasteiger partial charge in [0.25, 0.3) is 0 Å². The first-order valence-electron chi connectivity index (χ1n) is 5.52. The summed E-state index contributed by atoms with van der Waals surface area (Å²) in [5.41, 5.74) is 0. The lowest BCUT2D eigenvalue weighted by atomic mass is 10.1. The van der Waals surface area contributed by atoms with Gasteiger partial charge in [0.1, 0.15) is 10.7 Å². The van der Waals surface area contributed by atoms with Crippen LogP contribution in [0.3, 0.4) is 0 Å². The Morgan fingerprint density at radius 1 is 1.33 bits per heavy atom. The number of hydrogen-bond acceptors (Lipinski definition) is 2. The number of unbranched alkanes of at least 4 members (excludes halogenated alkanes) is 4. The number of hydrogen-bond donors (Lipinski definition) is 0. The quantitative estimate of drug-likeness (QED) is 0.498. The number of ketones is 1. The molecule has 0 N–H and O–H groups in total. The topological polar surface area (TPSA) is 17.1 Å². The molecule has 0 unspecified atom stereocenters. The largest absolute Gasteiger partial charge is 0.293 e. The third-order valence-electron chi connectivity index (χ3n) is 2.38. The molecule has 0 bridgehead atoms. The zero-order valence-corrected chi connectivity index (χ0v) is 9.91. The zero-order chi connectivity index (χ0) is 11.1. The summed E-state index contributed by atoms with van der Waals surface area (Å²) in [5, 5.41) is 1.62. The third kappa shape index (κ3) is 4.12. The lowest BCUT2D eigenvalue weighted by Gasteiger charge is -1.99. The number of carbonyl (C=O) groups is 1. The molecule has 0 spiro atoms. The summed E-state index contributed by atoms with van der Waals surface area (Å²) < 4.78 is 13.0. The van der Waals surface area contributed by atoms with Crippen LogP contribution in [0.4, 0.5) is 4.39 Å². The molecule has 0 aromatic carbocycles. The van der Waals surface area contributed by atoms with Gasteiger partial charge in [0.2, 0.25) is 0 Å². The molecule has 0 fully saturated rings. The lowest BCUT2D eigenvalue weighted by molar-refractivity contribution is 0.0979. The molecule has 0 saturated heterocycles. The average Bonchev–Trinajstić information content (AvgIpc) is 2.64. The predicted molar refractivity (Wildman–Crippen MR) is 62.0 cm³/mol. The van der Waals surface area contributed by atoms with Gasteiger partial charge in [0.05, 0.1) is 0 Å². The SMILES string of the molecule is CCCCCCCC(=O)c1sccc1F. The molecular weight excluding hydrogens is 211 g/mol. The molecule has 0 atom stereocenters. The first kappa shape index (κ1) is 12.4. The number of halogens is 1. The molecule has 1 rings (SSSR count). The van der Waals surface area contributed by atoms with Crippen molar-refractivity contribution < 1.29 is 9.18 Å². The van der Waals surface area contributed by atoms with Crippen molar-refractivity contribution in [3.8, 4) is 0 Å². The van der Waals surface area contributed by atoms with Gasteiger partial charge in [-0.15, -0.1) is 11.3 Å². The second-order valence-electron chi connectivity index (χ2n) is 3.69. The zero-order valence-electron chi connectivity index (χ0n) is 9.09. The third-order valence-corrected chi connectivity index (χ3v) is 3.31. The summed E-state index contributed by atoms with van der Waals surface area (Å²) in [6.45, 7) is 2.16. The normalized spacial score (nSPS) is 10.5. The summed E-state index contributed by atoms with van der Waals surface area (Å²) in [4.78, 5) is 11.8. The monoisotopic (exact) mass is 228 g/mol. The Hall–Kier alpha value is -0.700. The predicted octanol–water partition coefficient (Wildman–Crippen LogP) is 4.43. The van der Waals surface area contributed by atoms with E-state index in [1.165, 1.54) is 36.7 Å². The summed E-state index contributed by atoms with van der Waals surface area (Å²) in [6, 6.07) is 1.36. The summed E-state index contributed by atoms with van der Waals surface area (Å²) in [6.07, 6.45) is 6.05. The Morgan fingerprint density at radius 3 is 2.67 bits per heavy atom. The minimum atomic E-state index is -0.362. The summed E-state index contributed by atoms with van der Waals surface area (Å²) in [5.74, 6) is -0.405. The van der Waals surface area contributed by atoms with Crippen molar-refractivity contribution in [2.24, 2.45) is 0 Å². The van der Waals surface area contributed by atoms with E-state index in [1.54, 1.807) is 5.38 Å². The second kappa shape index (κ2) is 6.72.